The molecule has 0 saturated carbocycles. The summed E-state index contributed by atoms with van der Waals surface area (Å²) in [5, 5.41) is 0. The number of unbranched alkanes of at least 4 members (excludes halogenated alkanes) is 1. The summed E-state index contributed by atoms with van der Waals surface area (Å²) in [6.45, 7) is 2.91. The number of hydrogen-bond acceptors (Lipinski definition) is 2. The lowest BCUT2D eigenvalue weighted by atomic mass is 9.88. The first-order valence-electron chi connectivity index (χ1n) is 10.8. The minimum atomic E-state index is -0.250. The Balaban J connectivity index is 1.49. The Morgan fingerprint density at radius 2 is 1.68 bits per heavy atom. The largest absolute Gasteiger partial charge is 0.370 e. The van der Waals surface area contributed by atoms with Crippen LogP contribution in [0.1, 0.15) is 56.6 Å². The molecule has 2 aliphatic rings. The third-order valence-electron chi connectivity index (χ3n) is 6.33. The van der Waals surface area contributed by atoms with Gasteiger partial charge >= 0.3 is 0 Å². The Bertz CT molecular complexity index is 770. The summed E-state index contributed by atoms with van der Waals surface area (Å²) in [6.07, 6.45) is 12.3. The molecule has 0 aromatic heterocycles. The summed E-state index contributed by atoms with van der Waals surface area (Å²) in [6, 6.07) is 21.3. The molecule has 0 N–H and O–H groups in total. The fraction of sp³-hybridized carbons (Fsp3) is 0.462. The highest BCUT2D eigenvalue weighted by atomic mass is 16.6. The molecule has 0 unspecified atom stereocenters. The van der Waals surface area contributed by atoms with Crippen LogP contribution in [-0.4, -0.2) is 17.3 Å². The highest BCUT2D eigenvalue weighted by molar-refractivity contribution is 5.22. The van der Waals surface area contributed by atoms with Crippen LogP contribution < -0.4 is 0 Å². The zero-order valence-electron chi connectivity index (χ0n) is 17.0. The zero-order chi connectivity index (χ0) is 19.3. The van der Waals surface area contributed by atoms with Gasteiger partial charge in [0, 0.05) is 6.42 Å². The lowest BCUT2D eigenvalue weighted by Crippen LogP contribution is -2.42. The van der Waals surface area contributed by atoms with E-state index >= 15 is 0 Å². The smallest absolute Gasteiger partial charge is 0.113 e. The van der Waals surface area contributed by atoms with Crippen molar-refractivity contribution in [3.8, 4) is 0 Å². The molecule has 0 amide bonds. The Hall–Kier alpha value is -1.90. The molecule has 28 heavy (non-hydrogen) atoms. The van der Waals surface area contributed by atoms with Crippen molar-refractivity contribution in [3.63, 3.8) is 0 Å². The topological polar surface area (TPSA) is 18.5 Å². The molecule has 2 aromatic rings. The van der Waals surface area contributed by atoms with E-state index in [2.05, 4.69) is 79.7 Å². The van der Waals surface area contributed by atoms with E-state index in [1.54, 1.807) is 0 Å². The molecule has 2 bridgehead atoms. The molecule has 3 atom stereocenters. The van der Waals surface area contributed by atoms with Crippen molar-refractivity contribution in [2.45, 2.75) is 75.8 Å². The van der Waals surface area contributed by atoms with Crippen LogP contribution in [-0.2, 0) is 22.5 Å². The van der Waals surface area contributed by atoms with Crippen LogP contribution in [0.4, 0.5) is 0 Å². The second-order valence-electron chi connectivity index (χ2n) is 8.43. The Morgan fingerprint density at radius 1 is 0.964 bits per heavy atom. The summed E-state index contributed by atoms with van der Waals surface area (Å²) >= 11 is 0. The van der Waals surface area contributed by atoms with Crippen molar-refractivity contribution < 1.29 is 9.47 Å². The van der Waals surface area contributed by atoms with Crippen molar-refractivity contribution >= 4 is 0 Å². The van der Waals surface area contributed by atoms with E-state index in [9.17, 15) is 0 Å². The van der Waals surface area contributed by atoms with Gasteiger partial charge in [-0.15, -0.1) is 0 Å². The summed E-state index contributed by atoms with van der Waals surface area (Å²) < 4.78 is 13.4. The van der Waals surface area contributed by atoms with E-state index in [4.69, 9.17) is 9.47 Å². The van der Waals surface area contributed by atoms with Gasteiger partial charge in [0.05, 0.1) is 18.3 Å². The van der Waals surface area contributed by atoms with Crippen molar-refractivity contribution in [2.24, 2.45) is 0 Å². The van der Waals surface area contributed by atoms with Gasteiger partial charge in [-0.05, 0) is 36.8 Å². The lowest BCUT2D eigenvalue weighted by Gasteiger charge is -2.38. The quantitative estimate of drug-likeness (QED) is 0.481. The number of benzene rings is 2. The van der Waals surface area contributed by atoms with Crippen LogP contribution in [0.3, 0.4) is 0 Å². The Kier molecular flexibility index (Phi) is 5.99. The van der Waals surface area contributed by atoms with Crippen LogP contribution in [0.2, 0.25) is 0 Å². The molecule has 4 rings (SSSR count). The molecule has 2 heteroatoms. The molecule has 2 nitrogen and oxygen atoms in total. The second-order valence-corrected chi connectivity index (χ2v) is 8.43. The average Bonchev–Trinajstić information content (AvgIpc) is 2.97. The zero-order valence-corrected chi connectivity index (χ0v) is 17.0. The van der Waals surface area contributed by atoms with Crippen LogP contribution in [0, 0.1) is 0 Å². The molecule has 0 radical (unpaired) electrons. The van der Waals surface area contributed by atoms with E-state index in [0.29, 0.717) is 6.61 Å². The van der Waals surface area contributed by atoms with E-state index in [1.165, 1.54) is 24.0 Å². The highest BCUT2D eigenvalue weighted by Crippen LogP contribution is 2.50. The summed E-state index contributed by atoms with van der Waals surface area (Å²) in [4.78, 5) is 0. The monoisotopic (exact) mass is 376 g/mol. The van der Waals surface area contributed by atoms with Gasteiger partial charge in [-0.2, -0.15) is 0 Å². The van der Waals surface area contributed by atoms with Gasteiger partial charge in [0.15, 0.2) is 0 Å². The number of fused-ring (bicyclic) bond motifs is 2. The predicted octanol–water partition coefficient (Wildman–Crippen LogP) is 6.25. The highest BCUT2D eigenvalue weighted by Gasteiger charge is 2.56. The van der Waals surface area contributed by atoms with Crippen LogP contribution in [0.5, 0.6) is 0 Å². The normalized spacial score (nSPS) is 28.5. The van der Waals surface area contributed by atoms with Gasteiger partial charge in [0.2, 0.25) is 0 Å². The minimum absolute atomic E-state index is 0.0836. The SMILES string of the molecule is CCCC[C@]12C=CC[C@](CCc3ccccc3)(C[C@H]1OCc1ccccc1)O2. The molecule has 2 aliphatic heterocycles. The second kappa shape index (κ2) is 8.63. The molecule has 2 aromatic carbocycles. The number of ether oxygens (including phenoxy) is 2. The van der Waals surface area contributed by atoms with Crippen LogP contribution in [0.25, 0.3) is 0 Å². The Morgan fingerprint density at radius 3 is 2.39 bits per heavy atom. The van der Waals surface area contributed by atoms with Crippen LogP contribution >= 0.6 is 0 Å². The summed E-state index contributed by atoms with van der Waals surface area (Å²) in [5.74, 6) is 0. The minimum Gasteiger partial charge on any atom is -0.370 e. The van der Waals surface area contributed by atoms with Gasteiger partial charge in [-0.1, -0.05) is 92.6 Å². The third-order valence-corrected chi connectivity index (χ3v) is 6.33. The first-order chi connectivity index (χ1) is 13.7. The van der Waals surface area contributed by atoms with E-state index in [-0.39, 0.29) is 17.3 Å². The molecule has 2 heterocycles. The summed E-state index contributed by atoms with van der Waals surface area (Å²) in [7, 11) is 0. The molecule has 0 aliphatic carbocycles. The van der Waals surface area contributed by atoms with Gasteiger partial charge in [-0.25, -0.2) is 0 Å². The number of hydrogen-bond donors (Lipinski definition) is 0. The van der Waals surface area contributed by atoms with E-state index < -0.39 is 0 Å². The van der Waals surface area contributed by atoms with Gasteiger partial charge in [0.25, 0.3) is 0 Å². The van der Waals surface area contributed by atoms with E-state index in [1.807, 2.05) is 0 Å². The fourth-order valence-electron chi connectivity index (χ4n) is 4.75. The van der Waals surface area contributed by atoms with Gasteiger partial charge in [0.1, 0.15) is 5.60 Å². The number of aryl methyl sites for hydroxylation is 1. The van der Waals surface area contributed by atoms with Crippen molar-refractivity contribution in [1.29, 1.82) is 0 Å². The van der Waals surface area contributed by atoms with E-state index in [0.717, 1.165) is 32.1 Å². The molecule has 1 fully saturated rings. The third kappa shape index (κ3) is 4.24. The fourth-order valence-corrected chi connectivity index (χ4v) is 4.75. The maximum absolute atomic E-state index is 6.89. The molecule has 0 spiro atoms. The number of rotatable bonds is 9. The Labute approximate surface area is 169 Å². The maximum atomic E-state index is 6.89. The maximum Gasteiger partial charge on any atom is 0.113 e. The predicted molar refractivity (Wildman–Crippen MR) is 114 cm³/mol. The first kappa shape index (κ1) is 19.4. The molecular weight excluding hydrogens is 344 g/mol. The summed E-state index contributed by atoms with van der Waals surface area (Å²) in [5.41, 5.74) is 2.29. The van der Waals surface area contributed by atoms with Crippen LogP contribution in [0.15, 0.2) is 72.8 Å². The molecule has 1 saturated heterocycles. The van der Waals surface area contributed by atoms with Gasteiger partial charge in [-0.3, -0.25) is 0 Å². The van der Waals surface area contributed by atoms with Crippen molar-refractivity contribution in [3.05, 3.63) is 83.9 Å². The van der Waals surface area contributed by atoms with Crippen molar-refractivity contribution in [2.75, 3.05) is 0 Å². The lowest BCUT2D eigenvalue weighted by molar-refractivity contribution is -0.123. The molecular formula is C26H32O2. The average molecular weight is 377 g/mol. The van der Waals surface area contributed by atoms with Crippen molar-refractivity contribution in [1.82, 2.24) is 0 Å². The van der Waals surface area contributed by atoms with Gasteiger partial charge < -0.3 is 9.47 Å². The standard InChI is InChI=1S/C26H32O2/c1-2-3-17-26-18-10-16-25(28-26,19-15-22-11-6-4-7-12-22)20-24(26)27-21-23-13-8-5-9-14-23/h4-14,18,24H,2-3,15-17,19-21H2,1H3/t24-,25+,26+/m1/s1. The first-order valence-corrected chi connectivity index (χ1v) is 10.8. The molecule has 148 valence electrons.